The van der Waals surface area contributed by atoms with Crippen LogP contribution in [0.4, 0.5) is 10.1 Å². The van der Waals surface area contributed by atoms with Gasteiger partial charge in [-0.2, -0.15) is 0 Å². The molecule has 0 unspecified atom stereocenters. The van der Waals surface area contributed by atoms with Crippen LogP contribution in [0.15, 0.2) is 42.5 Å². The normalized spacial score (nSPS) is 17.5. The molecule has 1 heterocycles. The topological polar surface area (TPSA) is 66.9 Å². The van der Waals surface area contributed by atoms with Gasteiger partial charge >= 0.3 is 5.97 Å². The summed E-state index contributed by atoms with van der Waals surface area (Å²) in [7, 11) is 0. The Balaban J connectivity index is 1.33. The molecule has 0 spiro atoms. The summed E-state index contributed by atoms with van der Waals surface area (Å²) in [6.07, 6.45) is 3.23. The number of carbonyl (C=O) groups excluding carboxylic acids is 3. The maximum Gasteiger partial charge on any atom is 0.317 e. The summed E-state index contributed by atoms with van der Waals surface area (Å²) in [6.45, 7) is 2.78. The van der Waals surface area contributed by atoms with Crippen molar-refractivity contribution in [2.45, 2.75) is 38.0 Å². The second-order valence-electron chi connectivity index (χ2n) is 8.96. The summed E-state index contributed by atoms with van der Waals surface area (Å²) in [5.41, 5.74) is 0.885. The molecule has 0 bridgehead atoms. The van der Waals surface area contributed by atoms with Crippen LogP contribution >= 0.6 is 11.6 Å². The second-order valence-corrected chi connectivity index (χ2v) is 9.40. The summed E-state index contributed by atoms with van der Waals surface area (Å²) < 4.78 is 20.0. The van der Waals surface area contributed by atoms with E-state index in [-0.39, 0.29) is 24.3 Å². The van der Waals surface area contributed by atoms with Crippen molar-refractivity contribution in [3.05, 3.63) is 64.4 Å². The van der Waals surface area contributed by atoms with Crippen LogP contribution in [-0.2, 0) is 19.7 Å². The van der Waals surface area contributed by atoms with Crippen LogP contribution in [0, 0.1) is 5.82 Å². The molecule has 1 aliphatic heterocycles. The van der Waals surface area contributed by atoms with Crippen molar-refractivity contribution in [1.29, 1.82) is 0 Å². The molecule has 0 radical (unpaired) electrons. The van der Waals surface area contributed by atoms with E-state index >= 15 is 0 Å². The van der Waals surface area contributed by atoms with Crippen molar-refractivity contribution in [2.24, 2.45) is 0 Å². The first-order valence-corrected chi connectivity index (χ1v) is 11.9. The Morgan fingerprint density at radius 2 is 1.65 bits per heavy atom. The number of nitrogens with zero attached hydrogens (tertiary/aromatic N) is 2. The smallest absolute Gasteiger partial charge is 0.317 e. The van der Waals surface area contributed by atoms with Crippen molar-refractivity contribution >= 4 is 34.9 Å². The molecule has 4 rings (SSSR count). The first kappa shape index (κ1) is 24.2. The lowest BCUT2D eigenvalue weighted by Gasteiger charge is -2.36. The lowest BCUT2D eigenvalue weighted by molar-refractivity contribution is -0.157. The Labute approximate surface area is 203 Å². The minimum absolute atomic E-state index is 0.189. The van der Waals surface area contributed by atoms with E-state index in [1.54, 1.807) is 29.2 Å². The highest BCUT2D eigenvalue weighted by Gasteiger charge is 2.44. The number of hydrogen-bond donors (Lipinski definition) is 0. The minimum Gasteiger partial charge on any atom is -0.455 e. The van der Waals surface area contributed by atoms with E-state index < -0.39 is 11.2 Å². The zero-order chi connectivity index (χ0) is 24.3. The maximum atomic E-state index is 14.5. The van der Waals surface area contributed by atoms with Gasteiger partial charge in [0.2, 0.25) is 0 Å². The van der Waals surface area contributed by atoms with Crippen molar-refractivity contribution < 1.29 is 23.5 Å². The number of carbonyl (C=O) groups is 3. The number of ketones is 1. The van der Waals surface area contributed by atoms with Gasteiger partial charge in [-0.1, -0.05) is 36.6 Å². The molecular weight excluding hydrogens is 459 g/mol. The number of halogens is 2. The first-order chi connectivity index (χ1) is 16.3. The van der Waals surface area contributed by atoms with E-state index in [4.69, 9.17) is 16.3 Å². The monoisotopic (exact) mass is 486 g/mol. The van der Waals surface area contributed by atoms with Gasteiger partial charge in [-0.25, -0.2) is 4.39 Å². The number of ether oxygens (including phenoxy) is 1. The molecule has 2 aliphatic rings. The van der Waals surface area contributed by atoms with Gasteiger partial charge < -0.3 is 14.5 Å². The fourth-order valence-corrected chi connectivity index (χ4v) is 5.02. The number of Topliss-reactive ketones (excluding diaryl/α,β-unsaturated/α-hetero) is 1. The van der Waals surface area contributed by atoms with Crippen LogP contribution < -0.4 is 4.90 Å². The Hall–Kier alpha value is -2.93. The number of anilines is 1. The highest BCUT2D eigenvalue weighted by atomic mass is 35.5. The fourth-order valence-electron chi connectivity index (χ4n) is 4.89. The number of esters is 1. The number of rotatable bonds is 6. The van der Waals surface area contributed by atoms with E-state index in [0.717, 1.165) is 18.4 Å². The highest BCUT2D eigenvalue weighted by molar-refractivity contribution is 6.30. The third-order valence-corrected chi connectivity index (χ3v) is 7.15. The molecule has 1 saturated heterocycles. The summed E-state index contributed by atoms with van der Waals surface area (Å²) in [4.78, 5) is 40.8. The van der Waals surface area contributed by atoms with Gasteiger partial charge in [-0.15, -0.1) is 0 Å². The van der Waals surface area contributed by atoms with Crippen molar-refractivity contribution in [1.82, 2.24) is 4.90 Å². The number of hydrogen-bond acceptors (Lipinski definition) is 5. The SMILES string of the molecule is CC(=O)c1ccc(N2CCN(C(=O)COC(=O)C3(c4ccc(Cl)cc4)CCCC3)CC2)c(F)c1. The zero-order valence-electron chi connectivity index (χ0n) is 19.2. The zero-order valence-corrected chi connectivity index (χ0v) is 19.9. The van der Waals surface area contributed by atoms with E-state index in [1.807, 2.05) is 17.0 Å². The van der Waals surface area contributed by atoms with E-state index in [0.29, 0.717) is 55.3 Å². The van der Waals surface area contributed by atoms with Crippen molar-refractivity contribution in [3.63, 3.8) is 0 Å². The van der Waals surface area contributed by atoms with Crippen molar-refractivity contribution in [3.8, 4) is 0 Å². The molecule has 1 saturated carbocycles. The second kappa shape index (κ2) is 10.1. The number of piperazine rings is 1. The lowest BCUT2D eigenvalue weighted by atomic mass is 9.79. The van der Waals surface area contributed by atoms with Crippen LogP contribution in [0.3, 0.4) is 0 Å². The van der Waals surface area contributed by atoms with Crippen molar-refractivity contribution in [2.75, 3.05) is 37.7 Å². The van der Waals surface area contributed by atoms with E-state index in [2.05, 4.69) is 0 Å². The summed E-state index contributed by atoms with van der Waals surface area (Å²) in [6, 6.07) is 11.7. The molecular formula is C26H28ClFN2O4. The van der Waals surface area contributed by atoms with Crippen LogP contribution in [0.2, 0.25) is 5.02 Å². The third-order valence-electron chi connectivity index (χ3n) is 6.90. The molecule has 2 aromatic rings. The Kier molecular flexibility index (Phi) is 7.22. The molecule has 0 atom stereocenters. The molecule has 8 heteroatoms. The van der Waals surface area contributed by atoms with Gasteiger partial charge in [-0.05, 0) is 55.7 Å². The number of amides is 1. The Morgan fingerprint density at radius 3 is 2.24 bits per heavy atom. The Bertz CT molecular complexity index is 1070. The van der Waals surface area contributed by atoms with Gasteiger partial charge in [0.15, 0.2) is 12.4 Å². The van der Waals surface area contributed by atoms with Crippen LogP contribution in [0.1, 0.15) is 48.5 Å². The number of benzene rings is 2. The summed E-state index contributed by atoms with van der Waals surface area (Å²) in [5.74, 6) is -1.27. The molecule has 0 N–H and O–H groups in total. The molecule has 6 nitrogen and oxygen atoms in total. The molecule has 2 fully saturated rings. The quantitative estimate of drug-likeness (QED) is 0.447. The molecule has 1 aliphatic carbocycles. The lowest BCUT2D eigenvalue weighted by Crippen LogP contribution is -2.50. The molecule has 0 aromatic heterocycles. The minimum atomic E-state index is -0.729. The average molecular weight is 487 g/mol. The van der Waals surface area contributed by atoms with Crippen LogP contribution in [-0.4, -0.2) is 55.3 Å². The summed E-state index contributed by atoms with van der Waals surface area (Å²) in [5, 5.41) is 0.606. The summed E-state index contributed by atoms with van der Waals surface area (Å²) >= 11 is 6.01. The van der Waals surface area contributed by atoms with Crippen LogP contribution in [0.5, 0.6) is 0 Å². The average Bonchev–Trinajstić information content (AvgIpc) is 3.34. The van der Waals surface area contributed by atoms with E-state index in [9.17, 15) is 18.8 Å². The third kappa shape index (κ3) is 4.94. The van der Waals surface area contributed by atoms with Gasteiger partial charge in [-0.3, -0.25) is 14.4 Å². The van der Waals surface area contributed by atoms with Gasteiger partial charge in [0.25, 0.3) is 5.91 Å². The standard InChI is InChI=1S/C26H28ClFN2O4/c1-18(31)19-4-9-23(22(28)16-19)29-12-14-30(15-13-29)24(32)17-34-25(33)26(10-2-3-11-26)20-5-7-21(27)8-6-20/h4-9,16H,2-3,10-15,17H2,1H3. The maximum absolute atomic E-state index is 14.5. The Morgan fingerprint density at radius 1 is 1.00 bits per heavy atom. The highest BCUT2D eigenvalue weighted by Crippen LogP contribution is 2.42. The van der Waals surface area contributed by atoms with E-state index in [1.165, 1.54) is 13.0 Å². The predicted molar refractivity (Wildman–Crippen MR) is 128 cm³/mol. The first-order valence-electron chi connectivity index (χ1n) is 11.6. The van der Waals surface area contributed by atoms with Gasteiger partial charge in [0.1, 0.15) is 5.82 Å². The van der Waals surface area contributed by atoms with Gasteiger partial charge in [0, 0.05) is 36.8 Å². The fraction of sp³-hybridized carbons (Fsp3) is 0.423. The van der Waals surface area contributed by atoms with Gasteiger partial charge in [0.05, 0.1) is 11.1 Å². The largest absolute Gasteiger partial charge is 0.455 e. The molecule has 2 aromatic carbocycles. The molecule has 180 valence electrons. The predicted octanol–water partition coefficient (Wildman–Crippen LogP) is 4.39. The molecule has 1 amide bonds. The van der Waals surface area contributed by atoms with Crippen LogP contribution in [0.25, 0.3) is 0 Å². The molecule has 34 heavy (non-hydrogen) atoms.